The zero-order valence-corrected chi connectivity index (χ0v) is 8.12. The highest BCUT2D eigenvalue weighted by Gasteiger charge is 2.19. The Morgan fingerprint density at radius 1 is 1.64 bits per heavy atom. The third-order valence-corrected chi connectivity index (χ3v) is 1.93. The van der Waals surface area contributed by atoms with E-state index in [0.29, 0.717) is 0 Å². The fraction of sp³-hybridized carbons (Fsp3) is 0.125. The number of hydrogen-bond acceptors (Lipinski definition) is 5. The van der Waals surface area contributed by atoms with Crippen molar-refractivity contribution < 1.29 is 9.66 Å². The predicted molar refractivity (Wildman–Crippen MR) is 51.6 cm³/mol. The van der Waals surface area contributed by atoms with Gasteiger partial charge in [-0.15, -0.1) is 12.6 Å². The second-order valence-electron chi connectivity index (χ2n) is 2.42. The minimum atomic E-state index is -0.595. The molecule has 0 heterocycles. The number of ether oxygens (including phenoxy) is 1. The minimum Gasteiger partial charge on any atom is -0.490 e. The van der Waals surface area contributed by atoms with Crippen molar-refractivity contribution >= 4 is 18.3 Å². The fourth-order valence-electron chi connectivity index (χ4n) is 0.997. The first-order valence-corrected chi connectivity index (χ1v) is 4.00. The number of nitrogens with zero attached hydrogens (tertiary/aromatic N) is 2. The molecule has 0 aliphatic heterocycles. The van der Waals surface area contributed by atoms with Gasteiger partial charge < -0.3 is 4.74 Å². The van der Waals surface area contributed by atoms with Crippen molar-refractivity contribution in [3.63, 3.8) is 0 Å². The van der Waals surface area contributed by atoms with Crippen LogP contribution in [0.15, 0.2) is 17.0 Å². The molecule has 0 saturated carbocycles. The molecule has 0 aliphatic carbocycles. The molecule has 0 amide bonds. The normalized spacial score (nSPS) is 9.21. The summed E-state index contributed by atoms with van der Waals surface area (Å²) in [5.41, 5.74) is 0.0484. The third-order valence-electron chi connectivity index (χ3n) is 1.59. The van der Waals surface area contributed by atoms with Gasteiger partial charge in [-0.05, 0) is 6.07 Å². The summed E-state index contributed by atoms with van der Waals surface area (Å²) in [7, 11) is 1.30. The average molecular weight is 210 g/mol. The molecule has 0 bridgehead atoms. The van der Waals surface area contributed by atoms with Crippen molar-refractivity contribution in [1.82, 2.24) is 0 Å². The molecule has 0 N–H and O–H groups in total. The van der Waals surface area contributed by atoms with Crippen LogP contribution in [0.3, 0.4) is 0 Å². The number of rotatable bonds is 2. The number of methoxy groups -OCH3 is 1. The number of nitro benzene ring substituents is 1. The lowest BCUT2D eigenvalue weighted by Gasteiger charge is -2.03. The Morgan fingerprint density at radius 2 is 2.29 bits per heavy atom. The minimum absolute atomic E-state index is 0.0408. The Hall–Kier alpha value is -1.74. The van der Waals surface area contributed by atoms with Crippen LogP contribution in [0.2, 0.25) is 0 Å². The van der Waals surface area contributed by atoms with Gasteiger partial charge in [0, 0.05) is 6.07 Å². The van der Waals surface area contributed by atoms with Gasteiger partial charge in [0.25, 0.3) is 0 Å². The molecule has 0 unspecified atom stereocenters. The van der Waals surface area contributed by atoms with Crippen molar-refractivity contribution in [3.05, 3.63) is 27.8 Å². The highest BCUT2D eigenvalue weighted by Crippen LogP contribution is 2.34. The topological polar surface area (TPSA) is 76.2 Å². The van der Waals surface area contributed by atoms with Gasteiger partial charge >= 0.3 is 5.69 Å². The Balaban J connectivity index is 3.44. The van der Waals surface area contributed by atoms with E-state index in [-0.39, 0.29) is 21.9 Å². The lowest BCUT2D eigenvalue weighted by molar-refractivity contribution is -0.388. The summed E-state index contributed by atoms with van der Waals surface area (Å²) in [5, 5.41) is 19.2. The van der Waals surface area contributed by atoms with E-state index in [2.05, 4.69) is 12.6 Å². The number of benzene rings is 1. The van der Waals surface area contributed by atoms with E-state index in [1.807, 2.05) is 6.07 Å². The maximum Gasteiger partial charge on any atom is 0.324 e. The molecule has 1 aromatic carbocycles. The van der Waals surface area contributed by atoms with Crippen LogP contribution in [0.1, 0.15) is 5.56 Å². The Morgan fingerprint density at radius 3 is 2.71 bits per heavy atom. The molecule has 0 saturated heterocycles. The largest absolute Gasteiger partial charge is 0.490 e. The van der Waals surface area contributed by atoms with Gasteiger partial charge in [0.15, 0.2) is 5.75 Å². The van der Waals surface area contributed by atoms with Gasteiger partial charge in [-0.2, -0.15) is 5.26 Å². The van der Waals surface area contributed by atoms with Crippen LogP contribution in [0, 0.1) is 21.4 Å². The average Bonchev–Trinajstić information content (AvgIpc) is 2.15. The summed E-state index contributed by atoms with van der Waals surface area (Å²) >= 11 is 3.91. The summed E-state index contributed by atoms with van der Waals surface area (Å²) in [6.07, 6.45) is 0. The van der Waals surface area contributed by atoms with Crippen molar-refractivity contribution in [3.8, 4) is 11.8 Å². The van der Waals surface area contributed by atoms with Crippen molar-refractivity contribution in [2.75, 3.05) is 7.11 Å². The lowest BCUT2D eigenvalue weighted by atomic mass is 10.2. The highest BCUT2D eigenvalue weighted by molar-refractivity contribution is 7.80. The fourth-order valence-corrected chi connectivity index (χ4v) is 1.33. The SMILES string of the molecule is COc1cc(C#N)cc(S)c1[N+](=O)[O-]. The second-order valence-corrected chi connectivity index (χ2v) is 2.90. The van der Waals surface area contributed by atoms with Gasteiger partial charge in [-0.25, -0.2) is 0 Å². The molecule has 0 aromatic heterocycles. The number of thiol groups is 1. The second kappa shape index (κ2) is 3.98. The maximum atomic E-state index is 10.6. The molecule has 1 rings (SSSR count). The number of hydrogen-bond donors (Lipinski definition) is 1. The van der Waals surface area contributed by atoms with E-state index in [1.54, 1.807) is 0 Å². The molecule has 0 atom stereocenters. The molecule has 0 radical (unpaired) electrons. The van der Waals surface area contributed by atoms with Crippen LogP contribution < -0.4 is 4.74 Å². The van der Waals surface area contributed by atoms with Crippen LogP contribution in [0.25, 0.3) is 0 Å². The van der Waals surface area contributed by atoms with E-state index in [1.165, 1.54) is 19.2 Å². The van der Waals surface area contributed by atoms with E-state index in [4.69, 9.17) is 10.00 Å². The predicted octanol–water partition coefficient (Wildman–Crippen LogP) is 1.76. The van der Waals surface area contributed by atoms with Crippen LogP contribution in [-0.4, -0.2) is 12.0 Å². The zero-order valence-electron chi connectivity index (χ0n) is 7.22. The summed E-state index contributed by atoms with van der Waals surface area (Å²) in [4.78, 5) is 10.1. The molecular formula is C8H6N2O3S. The molecule has 0 aliphatic rings. The molecular weight excluding hydrogens is 204 g/mol. The van der Waals surface area contributed by atoms with Gasteiger partial charge in [-0.1, -0.05) is 0 Å². The van der Waals surface area contributed by atoms with Crippen molar-refractivity contribution in [2.45, 2.75) is 4.90 Å². The van der Waals surface area contributed by atoms with E-state index < -0.39 is 4.92 Å². The van der Waals surface area contributed by atoms with Crippen LogP contribution in [0.4, 0.5) is 5.69 Å². The molecule has 1 aromatic rings. The standard InChI is InChI=1S/C8H6N2O3S/c1-13-6-2-5(4-9)3-7(14)8(6)10(11)12/h2-3,14H,1H3. The van der Waals surface area contributed by atoms with Crippen LogP contribution in [-0.2, 0) is 0 Å². The first kappa shape index (κ1) is 10.3. The Labute approximate surface area is 85.5 Å². The Kier molecular flexibility index (Phi) is 2.94. The maximum absolute atomic E-state index is 10.6. The van der Waals surface area contributed by atoms with E-state index >= 15 is 0 Å². The van der Waals surface area contributed by atoms with Gasteiger partial charge in [-0.3, -0.25) is 10.1 Å². The van der Waals surface area contributed by atoms with E-state index in [0.717, 1.165) is 0 Å². The molecule has 0 fully saturated rings. The number of nitro groups is 1. The summed E-state index contributed by atoms with van der Waals surface area (Å²) in [5.74, 6) is 0.0408. The number of nitriles is 1. The smallest absolute Gasteiger partial charge is 0.324 e. The van der Waals surface area contributed by atoms with Gasteiger partial charge in [0.2, 0.25) is 0 Å². The third kappa shape index (κ3) is 1.78. The molecule has 5 nitrogen and oxygen atoms in total. The van der Waals surface area contributed by atoms with Crippen LogP contribution in [0.5, 0.6) is 5.75 Å². The van der Waals surface area contributed by atoms with Crippen molar-refractivity contribution in [2.24, 2.45) is 0 Å². The molecule has 14 heavy (non-hydrogen) atoms. The highest BCUT2D eigenvalue weighted by atomic mass is 32.1. The summed E-state index contributed by atoms with van der Waals surface area (Å²) in [6.45, 7) is 0. The first-order chi connectivity index (χ1) is 6.60. The Bertz CT molecular complexity index is 425. The molecule has 6 heteroatoms. The lowest BCUT2D eigenvalue weighted by Crippen LogP contribution is -1.95. The zero-order chi connectivity index (χ0) is 10.7. The quantitative estimate of drug-likeness (QED) is 0.458. The summed E-state index contributed by atoms with van der Waals surface area (Å²) in [6, 6.07) is 4.48. The van der Waals surface area contributed by atoms with Gasteiger partial charge in [0.05, 0.1) is 28.6 Å². The van der Waals surface area contributed by atoms with Crippen LogP contribution >= 0.6 is 12.6 Å². The summed E-state index contributed by atoms with van der Waals surface area (Å²) < 4.78 is 4.79. The van der Waals surface area contributed by atoms with E-state index in [9.17, 15) is 10.1 Å². The monoisotopic (exact) mass is 210 g/mol. The molecule has 0 spiro atoms. The van der Waals surface area contributed by atoms with Crippen molar-refractivity contribution in [1.29, 1.82) is 5.26 Å². The molecule has 72 valence electrons. The van der Waals surface area contributed by atoms with Gasteiger partial charge in [0.1, 0.15) is 0 Å². The first-order valence-electron chi connectivity index (χ1n) is 3.55.